The Bertz CT molecular complexity index is 2040. The molecule has 13 heteroatoms. The highest BCUT2D eigenvalue weighted by atomic mass is 16.5. The van der Waals surface area contributed by atoms with Gasteiger partial charge in [0.05, 0.1) is 5.92 Å². The number of nitrogens with one attached hydrogen (secondary N) is 4. The SMILES string of the molecule is O=C(NC1(C(=O)O)C(c2ccc(OCc3ccccc3)cc2)C1(NC(=O)c1ccc(NC(=O)C2CCCC2)cc1)C(=O)O)c1ccc(NC(=O)C2CCCC2)cc1. The van der Waals surface area contributed by atoms with Crippen LogP contribution in [0.4, 0.5) is 11.4 Å². The Morgan fingerprint density at radius 1 is 0.561 bits per heavy atom. The second-order valence-corrected chi connectivity index (χ2v) is 15.0. The number of hydrogen-bond acceptors (Lipinski definition) is 7. The summed E-state index contributed by atoms with van der Waals surface area (Å²) in [5, 5.41) is 32.4. The smallest absolute Gasteiger partial charge is 0.333 e. The minimum Gasteiger partial charge on any atom is -0.489 e. The third kappa shape index (κ3) is 7.82. The van der Waals surface area contributed by atoms with E-state index >= 15 is 0 Å². The monoisotopic (exact) mass is 772 g/mol. The van der Waals surface area contributed by atoms with E-state index in [9.17, 15) is 39.0 Å². The van der Waals surface area contributed by atoms with Crippen molar-refractivity contribution in [3.63, 3.8) is 0 Å². The molecule has 7 rings (SSSR count). The zero-order chi connectivity index (χ0) is 40.2. The van der Waals surface area contributed by atoms with Gasteiger partial charge in [0.2, 0.25) is 11.8 Å². The molecule has 2 unspecified atom stereocenters. The van der Waals surface area contributed by atoms with Crippen molar-refractivity contribution >= 4 is 46.9 Å². The first-order valence-corrected chi connectivity index (χ1v) is 19.2. The van der Waals surface area contributed by atoms with E-state index in [-0.39, 0.29) is 46.9 Å². The largest absolute Gasteiger partial charge is 0.489 e. The summed E-state index contributed by atoms with van der Waals surface area (Å²) in [6.45, 7) is 0.250. The van der Waals surface area contributed by atoms with Gasteiger partial charge < -0.3 is 36.2 Å². The summed E-state index contributed by atoms with van der Waals surface area (Å²) in [5.74, 6) is -6.62. The van der Waals surface area contributed by atoms with Crippen LogP contribution in [0.25, 0.3) is 0 Å². The fraction of sp³-hybridized carbons (Fsp3) is 0.318. The van der Waals surface area contributed by atoms with Crippen LogP contribution in [0.5, 0.6) is 5.75 Å². The molecule has 0 aliphatic heterocycles. The normalized spacial score (nSPS) is 21.6. The van der Waals surface area contributed by atoms with Crippen molar-refractivity contribution in [3.8, 4) is 5.75 Å². The van der Waals surface area contributed by atoms with Crippen LogP contribution in [0.3, 0.4) is 0 Å². The number of anilines is 2. The molecule has 0 heterocycles. The number of benzene rings is 4. The summed E-state index contributed by atoms with van der Waals surface area (Å²) in [5.41, 5.74) is -3.07. The zero-order valence-electron chi connectivity index (χ0n) is 31.2. The lowest BCUT2D eigenvalue weighted by Crippen LogP contribution is -2.59. The Kier molecular flexibility index (Phi) is 11.1. The van der Waals surface area contributed by atoms with Gasteiger partial charge in [0.1, 0.15) is 12.4 Å². The van der Waals surface area contributed by atoms with Crippen LogP contribution in [-0.2, 0) is 25.8 Å². The number of ether oxygens (including phenoxy) is 1. The second kappa shape index (κ2) is 16.3. The van der Waals surface area contributed by atoms with Crippen LogP contribution >= 0.6 is 0 Å². The molecule has 0 radical (unpaired) electrons. The molecule has 294 valence electrons. The molecular weight excluding hydrogens is 729 g/mol. The van der Waals surface area contributed by atoms with E-state index in [4.69, 9.17) is 4.74 Å². The Balaban J connectivity index is 1.16. The molecule has 13 nitrogen and oxygen atoms in total. The van der Waals surface area contributed by atoms with Gasteiger partial charge in [-0.2, -0.15) is 0 Å². The highest BCUT2D eigenvalue weighted by molar-refractivity contribution is 6.12. The summed E-state index contributed by atoms with van der Waals surface area (Å²) in [4.78, 5) is 79.9. The van der Waals surface area contributed by atoms with E-state index in [1.165, 1.54) is 60.7 Å². The van der Waals surface area contributed by atoms with Gasteiger partial charge in [-0.25, -0.2) is 9.59 Å². The minimum atomic E-state index is -2.55. The molecule has 2 atom stereocenters. The molecular formula is C44H44N4O9. The van der Waals surface area contributed by atoms with Crippen LogP contribution in [0.1, 0.15) is 89.1 Å². The van der Waals surface area contributed by atoms with E-state index in [2.05, 4.69) is 21.3 Å². The standard InChI is InChI=1S/C44H44N4O9/c49-37(29-10-4-5-11-29)45-33-20-14-31(15-21-33)39(51)47-43(41(53)54)36(28-18-24-35(25-19-28)57-26-27-8-2-1-3-9-27)44(43,42(55)56)48-40(52)32-16-22-34(23-17-32)46-38(50)30-12-6-7-13-30/h1-3,8-9,14-25,29-30,36H,4-7,10-13,26H2,(H,45,49)(H,46,50)(H,47,51)(H,48,52)(H,53,54)(H,55,56). The summed E-state index contributed by atoms with van der Waals surface area (Å²) in [7, 11) is 0. The van der Waals surface area contributed by atoms with Gasteiger partial charge >= 0.3 is 11.9 Å². The quantitative estimate of drug-likeness (QED) is 0.0873. The van der Waals surface area contributed by atoms with Crippen molar-refractivity contribution in [1.29, 1.82) is 0 Å². The fourth-order valence-electron chi connectivity index (χ4n) is 8.28. The Labute approximate surface area is 329 Å². The Morgan fingerprint density at radius 2 is 0.982 bits per heavy atom. The predicted octanol–water partition coefficient (Wildman–Crippen LogP) is 6.13. The number of carbonyl (C=O) groups excluding carboxylic acids is 4. The van der Waals surface area contributed by atoms with Crippen LogP contribution in [-0.4, -0.2) is 56.9 Å². The van der Waals surface area contributed by atoms with Gasteiger partial charge in [-0.15, -0.1) is 0 Å². The molecule has 3 aliphatic carbocycles. The van der Waals surface area contributed by atoms with Crippen molar-refractivity contribution in [2.45, 2.75) is 75.0 Å². The Hall–Kier alpha value is -6.50. The predicted molar refractivity (Wildman–Crippen MR) is 210 cm³/mol. The molecule has 3 saturated carbocycles. The summed E-state index contributed by atoms with van der Waals surface area (Å²) >= 11 is 0. The van der Waals surface area contributed by atoms with Crippen LogP contribution < -0.4 is 26.0 Å². The van der Waals surface area contributed by atoms with E-state index in [0.29, 0.717) is 17.1 Å². The molecule has 0 aromatic heterocycles. The maximum absolute atomic E-state index is 13.9. The third-order valence-electron chi connectivity index (χ3n) is 11.4. The van der Waals surface area contributed by atoms with Crippen LogP contribution in [0.2, 0.25) is 0 Å². The molecule has 4 aromatic rings. The third-order valence-corrected chi connectivity index (χ3v) is 11.4. The molecule has 4 amide bonds. The summed E-state index contributed by atoms with van der Waals surface area (Å²) in [6, 6.07) is 27.2. The lowest BCUT2D eigenvalue weighted by atomic mass is 10.0. The molecule has 0 spiro atoms. The van der Waals surface area contributed by atoms with Gasteiger partial charge in [0.25, 0.3) is 11.8 Å². The maximum atomic E-state index is 13.9. The number of carbonyl (C=O) groups is 6. The topological polar surface area (TPSA) is 200 Å². The van der Waals surface area contributed by atoms with E-state index in [1.807, 2.05) is 30.3 Å². The first-order valence-electron chi connectivity index (χ1n) is 19.2. The molecule has 57 heavy (non-hydrogen) atoms. The first-order chi connectivity index (χ1) is 27.5. The highest BCUT2D eigenvalue weighted by Gasteiger charge is 2.88. The van der Waals surface area contributed by atoms with Crippen molar-refractivity contribution < 1.29 is 43.7 Å². The van der Waals surface area contributed by atoms with Crippen molar-refractivity contribution in [3.05, 3.63) is 125 Å². The lowest BCUT2D eigenvalue weighted by molar-refractivity contribution is -0.147. The van der Waals surface area contributed by atoms with Gasteiger partial charge in [-0.1, -0.05) is 68.1 Å². The van der Waals surface area contributed by atoms with Gasteiger partial charge in [-0.05, 0) is 97.5 Å². The minimum absolute atomic E-state index is 0.00524. The number of amides is 4. The van der Waals surface area contributed by atoms with Gasteiger partial charge in [0, 0.05) is 34.3 Å². The average molecular weight is 773 g/mol. The van der Waals surface area contributed by atoms with Gasteiger partial charge in [0.15, 0.2) is 11.1 Å². The highest BCUT2D eigenvalue weighted by Crippen LogP contribution is 2.61. The average Bonchev–Trinajstić information content (AvgIpc) is 3.70. The van der Waals surface area contributed by atoms with Crippen molar-refractivity contribution in [1.82, 2.24) is 10.6 Å². The van der Waals surface area contributed by atoms with Crippen LogP contribution in [0, 0.1) is 11.8 Å². The number of hydrogen-bond donors (Lipinski definition) is 6. The number of carboxylic acid groups (broad SMARTS) is 2. The summed E-state index contributed by atoms with van der Waals surface area (Å²) in [6.07, 6.45) is 7.17. The molecule has 4 aromatic carbocycles. The maximum Gasteiger partial charge on any atom is 0.333 e. The number of rotatable bonds is 14. The Morgan fingerprint density at radius 3 is 1.39 bits per heavy atom. The first kappa shape index (κ1) is 38.8. The van der Waals surface area contributed by atoms with Crippen molar-refractivity contribution in [2.24, 2.45) is 11.8 Å². The molecule has 3 aliphatic rings. The fourth-order valence-corrected chi connectivity index (χ4v) is 8.28. The van der Waals surface area contributed by atoms with Gasteiger partial charge in [-0.3, -0.25) is 19.2 Å². The molecule has 0 saturated heterocycles. The number of aliphatic carboxylic acids is 2. The summed E-state index contributed by atoms with van der Waals surface area (Å²) < 4.78 is 5.89. The lowest BCUT2D eigenvalue weighted by Gasteiger charge is -2.22. The molecule has 0 bridgehead atoms. The van der Waals surface area contributed by atoms with E-state index in [1.54, 1.807) is 12.1 Å². The van der Waals surface area contributed by atoms with Crippen LogP contribution in [0.15, 0.2) is 103 Å². The van der Waals surface area contributed by atoms with E-state index < -0.39 is 40.7 Å². The molecule has 3 fully saturated rings. The number of carboxylic acids is 2. The second-order valence-electron chi connectivity index (χ2n) is 15.0. The van der Waals surface area contributed by atoms with E-state index in [0.717, 1.165) is 56.9 Å². The van der Waals surface area contributed by atoms with Crippen molar-refractivity contribution in [2.75, 3.05) is 10.6 Å². The zero-order valence-corrected chi connectivity index (χ0v) is 31.2. The molecule has 6 N–H and O–H groups in total.